The first-order valence-electron chi connectivity index (χ1n) is 8.65. The second-order valence-electron chi connectivity index (χ2n) is 6.15. The lowest BCUT2D eigenvalue weighted by Crippen LogP contribution is -2.26. The molecule has 0 amide bonds. The number of carbonyl (C=O) groups excluding carboxylic acids is 1. The molecule has 0 saturated carbocycles. The van der Waals surface area contributed by atoms with Crippen molar-refractivity contribution in [3.8, 4) is 0 Å². The van der Waals surface area contributed by atoms with E-state index in [9.17, 15) is 9.59 Å². The molecule has 0 bridgehead atoms. The van der Waals surface area contributed by atoms with Gasteiger partial charge in [0.1, 0.15) is 11.4 Å². The maximum Gasteiger partial charge on any atom is 0.343 e. The van der Waals surface area contributed by atoms with Crippen molar-refractivity contribution in [3.63, 3.8) is 0 Å². The first-order valence-corrected chi connectivity index (χ1v) is 8.65. The largest absolute Gasteiger partial charge is 0.462 e. The van der Waals surface area contributed by atoms with E-state index in [1.807, 2.05) is 12.1 Å². The summed E-state index contributed by atoms with van der Waals surface area (Å²) in [4.78, 5) is 33.5. The topological polar surface area (TPSA) is 92.6 Å². The van der Waals surface area contributed by atoms with Gasteiger partial charge in [-0.15, -0.1) is 0 Å². The number of aromatic amines is 1. The second kappa shape index (κ2) is 6.62. The van der Waals surface area contributed by atoms with Crippen molar-refractivity contribution in [2.24, 2.45) is 0 Å². The SMILES string of the molecule is CCOC(=O)c1cnn2ccc(N3CCC[C@@H]3c3cccc(=O)[nH]3)nc12. The fraction of sp³-hybridized carbons (Fsp3) is 0.333. The number of aromatic nitrogens is 4. The summed E-state index contributed by atoms with van der Waals surface area (Å²) in [5, 5.41) is 4.17. The minimum Gasteiger partial charge on any atom is -0.462 e. The molecule has 0 spiro atoms. The van der Waals surface area contributed by atoms with E-state index in [0.717, 1.165) is 30.9 Å². The number of rotatable bonds is 4. The molecule has 1 saturated heterocycles. The molecular formula is C18H19N5O3. The molecule has 1 fully saturated rings. The van der Waals surface area contributed by atoms with E-state index < -0.39 is 5.97 Å². The molecule has 8 heteroatoms. The van der Waals surface area contributed by atoms with Gasteiger partial charge in [-0.1, -0.05) is 6.07 Å². The van der Waals surface area contributed by atoms with Crippen LogP contribution in [0.2, 0.25) is 0 Å². The average molecular weight is 353 g/mol. The number of fused-ring (bicyclic) bond motifs is 1. The molecule has 8 nitrogen and oxygen atoms in total. The van der Waals surface area contributed by atoms with Gasteiger partial charge in [0.15, 0.2) is 5.65 Å². The summed E-state index contributed by atoms with van der Waals surface area (Å²) in [6.07, 6.45) is 5.18. The highest BCUT2D eigenvalue weighted by Crippen LogP contribution is 2.34. The molecule has 1 atom stereocenters. The number of H-pyrrole nitrogens is 1. The Kier molecular flexibility index (Phi) is 4.16. The molecule has 134 valence electrons. The number of anilines is 1. The quantitative estimate of drug-likeness (QED) is 0.721. The Balaban J connectivity index is 1.72. The number of ether oxygens (including phenoxy) is 1. The van der Waals surface area contributed by atoms with Gasteiger partial charge in [-0.3, -0.25) is 4.79 Å². The third-order valence-corrected chi connectivity index (χ3v) is 4.55. The maximum atomic E-state index is 12.1. The van der Waals surface area contributed by atoms with Crippen molar-refractivity contribution >= 4 is 17.4 Å². The predicted molar refractivity (Wildman–Crippen MR) is 95.3 cm³/mol. The van der Waals surface area contributed by atoms with E-state index in [-0.39, 0.29) is 11.6 Å². The van der Waals surface area contributed by atoms with Crippen LogP contribution < -0.4 is 10.5 Å². The van der Waals surface area contributed by atoms with Crippen LogP contribution in [0.1, 0.15) is 41.9 Å². The summed E-state index contributed by atoms with van der Waals surface area (Å²) < 4.78 is 6.64. The summed E-state index contributed by atoms with van der Waals surface area (Å²) >= 11 is 0. The molecule has 4 heterocycles. The van der Waals surface area contributed by atoms with Crippen LogP contribution in [-0.2, 0) is 4.74 Å². The monoisotopic (exact) mass is 353 g/mol. The molecule has 1 aliphatic rings. The van der Waals surface area contributed by atoms with Crippen molar-refractivity contribution in [3.05, 3.63) is 58.3 Å². The minimum atomic E-state index is -0.433. The van der Waals surface area contributed by atoms with Crippen LogP contribution >= 0.6 is 0 Å². The minimum absolute atomic E-state index is 0.0489. The molecule has 0 unspecified atom stereocenters. The summed E-state index contributed by atoms with van der Waals surface area (Å²) in [7, 11) is 0. The second-order valence-corrected chi connectivity index (χ2v) is 6.15. The molecule has 0 aliphatic carbocycles. The van der Waals surface area contributed by atoms with Gasteiger partial charge >= 0.3 is 5.97 Å². The van der Waals surface area contributed by atoms with Crippen LogP contribution in [0.15, 0.2) is 41.5 Å². The standard InChI is InChI=1S/C18H19N5O3/c1-2-26-18(25)12-11-19-23-10-8-15(21-17(12)23)22-9-4-6-14(22)13-5-3-7-16(24)20-13/h3,5,7-8,10-11,14H,2,4,6,9H2,1H3,(H,20,24)/t14-/m1/s1. The van der Waals surface area contributed by atoms with Gasteiger partial charge in [-0.2, -0.15) is 5.10 Å². The molecule has 4 rings (SSSR count). The summed E-state index contributed by atoms with van der Waals surface area (Å²) in [5.74, 6) is 0.313. The van der Waals surface area contributed by atoms with Gasteiger partial charge < -0.3 is 14.6 Å². The highest BCUT2D eigenvalue weighted by atomic mass is 16.5. The van der Waals surface area contributed by atoms with E-state index in [1.54, 1.807) is 23.7 Å². The highest BCUT2D eigenvalue weighted by Gasteiger charge is 2.28. The van der Waals surface area contributed by atoms with Gasteiger partial charge in [0, 0.05) is 24.5 Å². The molecule has 26 heavy (non-hydrogen) atoms. The third-order valence-electron chi connectivity index (χ3n) is 4.55. The van der Waals surface area contributed by atoms with Crippen molar-refractivity contribution in [2.45, 2.75) is 25.8 Å². The number of nitrogens with one attached hydrogen (secondary N) is 1. The maximum absolute atomic E-state index is 12.1. The molecule has 1 N–H and O–H groups in total. The van der Waals surface area contributed by atoms with Crippen LogP contribution in [0.3, 0.4) is 0 Å². The Labute approximate surface area is 149 Å². The lowest BCUT2D eigenvalue weighted by Gasteiger charge is -2.25. The Bertz CT molecular complexity index is 1010. The van der Waals surface area contributed by atoms with Gasteiger partial charge in [0.05, 0.1) is 18.8 Å². The zero-order valence-electron chi connectivity index (χ0n) is 14.4. The van der Waals surface area contributed by atoms with Gasteiger partial charge in [0.2, 0.25) is 5.56 Å². The van der Waals surface area contributed by atoms with Gasteiger partial charge in [-0.25, -0.2) is 14.3 Å². The third kappa shape index (κ3) is 2.83. The highest BCUT2D eigenvalue weighted by molar-refractivity contribution is 5.95. The van der Waals surface area contributed by atoms with Crippen molar-refractivity contribution in [2.75, 3.05) is 18.1 Å². The zero-order chi connectivity index (χ0) is 18.1. The van der Waals surface area contributed by atoms with Crippen molar-refractivity contribution < 1.29 is 9.53 Å². The lowest BCUT2D eigenvalue weighted by atomic mass is 10.1. The Morgan fingerprint density at radius 1 is 1.38 bits per heavy atom. The molecule has 0 radical (unpaired) electrons. The molecule has 3 aromatic rings. The fourth-order valence-electron chi connectivity index (χ4n) is 3.40. The van der Waals surface area contributed by atoms with Crippen LogP contribution in [0.5, 0.6) is 0 Å². The van der Waals surface area contributed by atoms with Crippen LogP contribution in [0.4, 0.5) is 5.82 Å². The lowest BCUT2D eigenvalue weighted by molar-refractivity contribution is 0.0528. The number of carbonyl (C=O) groups is 1. The normalized spacial score (nSPS) is 17.0. The van der Waals surface area contributed by atoms with Crippen molar-refractivity contribution in [1.29, 1.82) is 0 Å². The average Bonchev–Trinajstić information content (AvgIpc) is 3.28. The van der Waals surface area contributed by atoms with Crippen LogP contribution in [-0.4, -0.2) is 38.7 Å². The number of hydrogen-bond donors (Lipinski definition) is 1. The van der Waals surface area contributed by atoms with E-state index in [2.05, 4.69) is 20.0 Å². The number of hydrogen-bond acceptors (Lipinski definition) is 6. The predicted octanol–water partition coefficient (Wildman–Crippen LogP) is 1.94. The van der Waals surface area contributed by atoms with Crippen LogP contribution in [0, 0.1) is 0 Å². The van der Waals surface area contributed by atoms with Crippen molar-refractivity contribution in [1.82, 2.24) is 19.6 Å². The Morgan fingerprint density at radius 2 is 2.27 bits per heavy atom. The number of nitrogens with zero attached hydrogens (tertiary/aromatic N) is 4. The fourth-order valence-corrected chi connectivity index (χ4v) is 3.40. The van der Waals surface area contributed by atoms with Gasteiger partial charge in [-0.05, 0) is 31.9 Å². The smallest absolute Gasteiger partial charge is 0.343 e. The number of pyridine rings is 1. The first-order chi connectivity index (χ1) is 12.7. The summed E-state index contributed by atoms with van der Waals surface area (Å²) in [6.45, 7) is 2.89. The molecular weight excluding hydrogens is 334 g/mol. The number of esters is 1. The summed E-state index contributed by atoms with van der Waals surface area (Å²) in [5.41, 5.74) is 1.57. The Morgan fingerprint density at radius 3 is 3.08 bits per heavy atom. The first kappa shape index (κ1) is 16.3. The van der Waals surface area contributed by atoms with E-state index in [4.69, 9.17) is 4.74 Å². The molecule has 1 aliphatic heterocycles. The zero-order valence-corrected chi connectivity index (χ0v) is 14.4. The van der Waals surface area contributed by atoms with Gasteiger partial charge in [0.25, 0.3) is 0 Å². The molecule has 3 aromatic heterocycles. The Hall–Kier alpha value is -3.16. The van der Waals surface area contributed by atoms with E-state index >= 15 is 0 Å². The van der Waals surface area contributed by atoms with E-state index in [0.29, 0.717) is 17.8 Å². The summed E-state index contributed by atoms with van der Waals surface area (Å²) in [6, 6.07) is 7.11. The van der Waals surface area contributed by atoms with E-state index in [1.165, 1.54) is 12.3 Å². The molecule has 0 aromatic carbocycles. The van der Waals surface area contributed by atoms with Crippen LogP contribution in [0.25, 0.3) is 5.65 Å².